The molecule has 0 saturated heterocycles. The Kier molecular flexibility index (Phi) is 3.72. The zero-order valence-corrected chi connectivity index (χ0v) is 9.37. The summed E-state index contributed by atoms with van der Waals surface area (Å²) in [4.78, 5) is 11.7. The second-order valence-electron chi connectivity index (χ2n) is 4.10. The molecule has 0 fully saturated rings. The fraction of sp³-hybridized carbons (Fsp3) is 0.417. The zero-order chi connectivity index (χ0) is 11.4. The molecule has 1 amide bonds. The maximum Gasteiger partial charge on any atom is 0.251 e. The molecule has 2 N–H and O–H groups in total. The molecule has 0 aromatic heterocycles. The van der Waals surface area contributed by atoms with Crippen molar-refractivity contribution in [2.24, 2.45) is 5.92 Å². The van der Waals surface area contributed by atoms with Crippen molar-refractivity contribution in [1.82, 2.24) is 5.32 Å². The number of phenolic OH excluding ortho intramolecular Hbond substituents is 1. The zero-order valence-electron chi connectivity index (χ0n) is 9.37. The predicted molar refractivity (Wildman–Crippen MR) is 60.0 cm³/mol. The second-order valence-corrected chi connectivity index (χ2v) is 4.10. The molecule has 82 valence electrons. The summed E-state index contributed by atoms with van der Waals surface area (Å²) >= 11 is 0. The van der Waals surface area contributed by atoms with Crippen molar-refractivity contribution >= 4 is 5.91 Å². The van der Waals surface area contributed by atoms with E-state index in [0.717, 1.165) is 5.56 Å². The Balaban J connectivity index is 2.77. The van der Waals surface area contributed by atoms with Crippen LogP contribution in [0.2, 0.25) is 0 Å². The van der Waals surface area contributed by atoms with E-state index in [2.05, 4.69) is 5.32 Å². The molecule has 0 aliphatic rings. The topological polar surface area (TPSA) is 49.3 Å². The molecule has 0 aliphatic carbocycles. The van der Waals surface area contributed by atoms with Crippen LogP contribution in [0.5, 0.6) is 5.75 Å². The average Bonchev–Trinajstić information content (AvgIpc) is 2.18. The Morgan fingerprint density at radius 2 is 2.13 bits per heavy atom. The smallest absolute Gasteiger partial charge is 0.251 e. The van der Waals surface area contributed by atoms with E-state index in [-0.39, 0.29) is 11.7 Å². The van der Waals surface area contributed by atoms with Crippen molar-refractivity contribution in [3.8, 4) is 5.75 Å². The lowest BCUT2D eigenvalue weighted by Gasteiger charge is -2.09. The molecule has 1 aromatic rings. The number of carbonyl (C=O) groups excluding carboxylic acids is 1. The van der Waals surface area contributed by atoms with Gasteiger partial charge >= 0.3 is 0 Å². The highest BCUT2D eigenvalue weighted by Gasteiger charge is 2.09. The van der Waals surface area contributed by atoms with E-state index >= 15 is 0 Å². The fourth-order valence-corrected chi connectivity index (χ4v) is 1.25. The molecule has 0 heterocycles. The Labute approximate surface area is 90.1 Å². The van der Waals surface area contributed by atoms with E-state index in [1.54, 1.807) is 12.1 Å². The van der Waals surface area contributed by atoms with Gasteiger partial charge in [-0.25, -0.2) is 0 Å². The maximum atomic E-state index is 11.7. The minimum absolute atomic E-state index is 0.121. The Morgan fingerprint density at radius 3 is 2.73 bits per heavy atom. The van der Waals surface area contributed by atoms with Gasteiger partial charge < -0.3 is 10.4 Å². The van der Waals surface area contributed by atoms with E-state index in [1.165, 1.54) is 6.07 Å². The van der Waals surface area contributed by atoms with Crippen molar-refractivity contribution < 1.29 is 9.90 Å². The van der Waals surface area contributed by atoms with Crippen LogP contribution in [-0.2, 0) is 0 Å². The monoisotopic (exact) mass is 207 g/mol. The van der Waals surface area contributed by atoms with Crippen molar-refractivity contribution in [3.63, 3.8) is 0 Å². The molecule has 0 aliphatic heterocycles. The SMILES string of the molecule is Cc1ccc(O)cc1C(=O)NCC(C)C. The number of carbonyl (C=O) groups is 1. The van der Waals surface area contributed by atoms with E-state index in [1.807, 2.05) is 20.8 Å². The van der Waals surface area contributed by atoms with Crippen LogP contribution in [0.3, 0.4) is 0 Å². The summed E-state index contributed by atoms with van der Waals surface area (Å²) in [5, 5.41) is 12.1. The molecule has 1 rings (SSSR count). The minimum Gasteiger partial charge on any atom is -0.508 e. The van der Waals surface area contributed by atoms with Gasteiger partial charge in [0.05, 0.1) is 0 Å². The number of benzene rings is 1. The van der Waals surface area contributed by atoms with E-state index in [0.29, 0.717) is 18.0 Å². The lowest BCUT2D eigenvalue weighted by molar-refractivity contribution is 0.0948. The van der Waals surface area contributed by atoms with Crippen LogP contribution in [0, 0.1) is 12.8 Å². The lowest BCUT2D eigenvalue weighted by Crippen LogP contribution is -2.27. The van der Waals surface area contributed by atoms with Crippen molar-refractivity contribution in [2.45, 2.75) is 20.8 Å². The molecule has 3 heteroatoms. The van der Waals surface area contributed by atoms with Crippen LogP contribution >= 0.6 is 0 Å². The minimum atomic E-state index is -0.128. The Morgan fingerprint density at radius 1 is 1.47 bits per heavy atom. The number of nitrogens with one attached hydrogen (secondary N) is 1. The number of rotatable bonds is 3. The van der Waals surface area contributed by atoms with Gasteiger partial charge in [0.15, 0.2) is 0 Å². The predicted octanol–water partition coefficient (Wildman–Crippen LogP) is 2.09. The van der Waals surface area contributed by atoms with Crippen LogP contribution in [0.15, 0.2) is 18.2 Å². The number of hydrogen-bond donors (Lipinski definition) is 2. The van der Waals surface area contributed by atoms with Crippen molar-refractivity contribution in [3.05, 3.63) is 29.3 Å². The van der Waals surface area contributed by atoms with Gasteiger partial charge in [-0.15, -0.1) is 0 Å². The first kappa shape index (κ1) is 11.6. The van der Waals surface area contributed by atoms with E-state index in [9.17, 15) is 9.90 Å². The first-order chi connectivity index (χ1) is 7.00. The maximum absolute atomic E-state index is 11.7. The van der Waals surface area contributed by atoms with E-state index in [4.69, 9.17) is 0 Å². The molecule has 0 atom stereocenters. The van der Waals surface area contributed by atoms with Gasteiger partial charge in [-0.3, -0.25) is 4.79 Å². The Bertz CT molecular complexity index is 359. The van der Waals surface area contributed by atoms with Crippen LogP contribution in [0.4, 0.5) is 0 Å². The van der Waals surface area contributed by atoms with Gasteiger partial charge in [0, 0.05) is 12.1 Å². The molecule has 3 nitrogen and oxygen atoms in total. The molecule has 0 radical (unpaired) electrons. The third kappa shape index (κ3) is 3.27. The molecule has 0 saturated carbocycles. The second kappa shape index (κ2) is 4.82. The molecule has 0 unspecified atom stereocenters. The Hall–Kier alpha value is -1.51. The highest BCUT2D eigenvalue weighted by molar-refractivity contribution is 5.95. The summed E-state index contributed by atoms with van der Waals surface area (Å²) in [6.45, 7) is 6.57. The van der Waals surface area contributed by atoms with Crippen molar-refractivity contribution in [1.29, 1.82) is 0 Å². The third-order valence-corrected chi connectivity index (χ3v) is 2.14. The third-order valence-electron chi connectivity index (χ3n) is 2.14. The van der Waals surface area contributed by atoms with Crippen molar-refractivity contribution in [2.75, 3.05) is 6.54 Å². The average molecular weight is 207 g/mol. The fourth-order valence-electron chi connectivity index (χ4n) is 1.25. The van der Waals surface area contributed by atoms with Crippen LogP contribution in [0.25, 0.3) is 0 Å². The summed E-state index contributed by atoms with van der Waals surface area (Å²) in [5.41, 5.74) is 1.41. The first-order valence-electron chi connectivity index (χ1n) is 5.08. The van der Waals surface area contributed by atoms with Crippen LogP contribution in [-0.4, -0.2) is 17.6 Å². The quantitative estimate of drug-likeness (QED) is 0.797. The first-order valence-corrected chi connectivity index (χ1v) is 5.08. The summed E-state index contributed by atoms with van der Waals surface area (Å²) in [5.74, 6) is 0.416. The highest BCUT2D eigenvalue weighted by Crippen LogP contribution is 2.15. The van der Waals surface area contributed by atoms with Gasteiger partial charge in [-0.05, 0) is 30.5 Å². The number of aromatic hydroxyl groups is 1. The van der Waals surface area contributed by atoms with Gasteiger partial charge in [0.2, 0.25) is 0 Å². The summed E-state index contributed by atoms with van der Waals surface area (Å²) in [6, 6.07) is 4.80. The number of amides is 1. The highest BCUT2D eigenvalue weighted by atomic mass is 16.3. The summed E-state index contributed by atoms with van der Waals surface area (Å²) in [6.07, 6.45) is 0. The van der Waals surface area contributed by atoms with E-state index < -0.39 is 0 Å². The standard InChI is InChI=1S/C12H17NO2/c1-8(2)7-13-12(15)11-6-10(14)5-4-9(11)3/h4-6,8,14H,7H2,1-3H3,(H,13,15). The number of aryl methyl sites for hydroxylation is 1. The molecule has 0 bridgehead atoms. The molecular weight excluding hydrogens is 190 g/mol. The summed E-state index contributed by atoms with van der Waals surface area (Å²) in [7, 11) is 0. The van der Waals surface area contributed by atoms with Gasteiger partial charge in [-0.2, -0.15) is 0 Å². The largest absolute Gasteiger partial charge is 0.508 e. The number of hydrogen-bond acceptors (Lipinski definition) is 2. The molecule has 1 aromatic carbocycles. The molecule has 15 heavy (non-hydrogen) atoms. The van der Waals surface area contributed by atoms with Gasteiger partial charge in [-0.1, -0.05) is 19.9 Å². The van der Waals surface area contributed by atoms with Gasteiger partial charge in [0.25, 0.3) is 5.91 Å². The van der Waals surface area contributed by atoms with Gasteiger partial charge in [0.1, 0.15) is 5.75 Å². The van der Waals surface area contributed by atoms with Crippen LogP contribution in [0.1, 0.15) is 29.8 Å². The normalized spacial score (nSPS) is 10.4. The molecular formula is C12H17NO2. The van der Waals surface area contributed by atoms with Crippen LogP contribution < -0.4 is 5.32 Å². The lowest BCUT2D eigenvalue weighted by atomic mass is 10.1. The number of phenols is 1. The summed E-state index contributed by atoms with van der Waals surface area (Å²) < 4.78 is 0. The molecule has 0 spiro atoms.